The first-order valence-electron chi connectivity index (χ1n) is 5.80. The third-order valence-corrected chi connectivity index (χ3v) is 3.61. The lowest BCUT2D eigenvalue weighted by molar-refractivity contribution is -0.275. The van der Waals surface area contributed by atoms with Gasteiger partial charge in [0.2, 0.25) is 0 Å². The zero-order chi connectivity index (χ0) is 13.6. The number of benzene rings is 1. The number of hydrogen-bond donors (Lipinski definition) is 1. The van der Waals surface area contributed by atoms with Crippen LogP contribution >= 0.6 is 0 Å². The molecule has 0 aliphatic heterocycles. The standard InChI is InChI=1S/C13H16F3NO/c1-11(2,17)12(7-8-12)9-5-3-4-6-10(9)18-13(14,15)16/h3-6H,7-8,17H2,1-2H3. The average molecular weight is 259 g/mol. The van der Waals surface area contributed by atoms with Crippen molar-refractivity contribution < 1.29 is 17.9 Å². The number of rotatable bonds is 3. The Hall–Kier alpha value is -1.23. The van der Waals surface area contributed by atoms with Crippen LogP contribution in [0.15, 0.2) is 24.3 Å². The second-order valence-corrected chi connectivity index (χ2v) is 5.35. The second-order valence-electron chi connectivity index (χ2n) is 5.35. The Bertz CT molecular complexity index is 444. The first-order valence-corrected chi connectivity index (χ1v) is 5.80. The summed E-state index contributed by atoms with van der Waals surface area (Å²) >= 11 is 0. The van der Waals surface area contributed by atoms with Crippen molar-refractivity contribution in [3.8, 4) is 5.75 Å². The van der Waals surface area contributed by atoms with E-state index in [1.165, 1.54) is 12.1 Å². The lowest BCUT2D eigenvalue weighted by Gasteiger charge is -2.32. The topological polar surface area (TPSA) is 35.2 Å². The number of para-hydroxylation sites is 1. The minimum atomic E-state index is -4.68. The molecule has 0 amide bonds. The molecular weight excluding hydrogens is 243 g/mol. The third-order valence-electron chi connectivity index (χ3n) is 3.61. The molecule has 2 nitrogen and oxygen atoms in total. The fraction of sp³-hybridized carbons (Fsp3) is 0.538. The smallest absolute Gasteiger partial charge is 0.405 e. The minimum absolute atomic E-state index is 0.138. The zero-order valence-corrected chi connectivity index (χ0v) is 10.3. The summed E-state index contributed by atoms with van der Waals surface area (Å²) in [5.41, 5.74) is 5.68. The van der Waals surface area contributed by atoms with Crippen molar-refractivity contribution in [1.82, 2.24) is 0 Å². The summed E-state index contributed by atoms with van der Waals surface area (Å²) in [6.45, 7) is 3.68. The van der Waals surface area contributed by atoms with Gasteiger partial charge < -0.3 is 10.5 Å². The molecule has 0 aromatic heterocycles. The van der Waals surface area contributed by atoms with E-state index in [0.29, 0.717) is 5.56 Å². The Kier molecular flexibility index (Phi) is 2.85. The van der Waals surface area contributed by atoms with Crippen LogP contribution in [-0.4, -0.2) is 11.9 Å². The van der Waals surface area contributed by atoms with Gasteiger partial charge in [-0.3, -0.25) is 0 Å². The monoisotopic (exact) mass is 259 g/mol. The summed E-state index contributed by atoms with van der Waals surface area (Å²) in [7, 11) is 0. The summed E-state index contributed by atoms with van der Waals surface area (Å²) in [4.78, 5) is 0. The maximum atomic E-state index is 12.4. The first-order chi connectivity index (χ1) is 8.16. The van der Waals surface area contributed by atoms with Crippen LogP contribution in [0.4, 0.5) is 13.2 Å². The van der Waals surface area contributed by atoms with E-state index in [2.05, 4.69) is 4.74 Å². The van der Waals surface area contributed by atoms with Gasteiger partial charge in [0.15, 0.2) is 0 Å². The molecule has 2 N–H and O–H groups in total. The molecule has 0 atom stereocenters. The van der Waals surface area contributed by atoms with Crippen LogP contribution in [0, 0.1) is 0 Å². The largest absolute Gasteiger partial charge is 0.573 e. The van der Waals surface area contributed by atoms with Crippen LogP contribution in [0.1, 0.15) is 32.3 Å². The quantitative estimate of drug-likeness (QED) is 0.903. The predicted molar refractivity (Wildman–Crippen MR) is 62.3 cm³/mol. The van der Waals surface area contributed by atoms with E-state index in [4.69, 9.17) is 5.73 Å². The van der Waals surface area contributed by atoms with Gasteiger partial charge in [0.25, 0.3) is 0 Å². The number of hydrogen-bond acceptors (Lipinski definition) is 2. The first kappa shape index (κ1) is 13.2. The molecule has 0 saturated heterocycles. The van der Waals surface area contributed by atoms with Crippen LogP contribution < -0.4 is 10.5 Å². The van der Waals surface area contributed by atoms with Crippen molar-refractivity contribution >= 4 is 0 Å². The molecule has 1 aromatic carbocycles. The fourth-order valence-corrected chi connectivity index (χ4v) is 2.46. The molecule has 5 heteroatoms. The van der Waals surface area contributed by atoms with Gasteiger partial charge in [-0.05, 0) is 32.8 Å². The molecule has 0 heterocycles. The normalized spacial score (nSPS) is 18.6. The van der Waals surface area contributed by atoms with Crippen molar-refractivity contribution in [2.75, 3.05) is 0 Å². The summed E-state index contributed by atoms with van der Waals surface area (Å²) in [5, 5.41) is 0. The molecule has 1 aliphatic carbocycles. The van der Waals surface area contributed by atoms with Crippen molar-refractivity contribution in [3.63, 3.8) is 0 Å². The molecule has 0 radical (unpaired) electrons. The van der Waals surface area contributed by atoms with Crippen LogP contribution in [-0.2, 0) is 5.41 Å². The highest BCUT2D eigenvalue weighted by atomic mass is 19.4. The minimum Gasteiger partial charge on any atom is -0.405 e. The van der Waals surface area contributed by atoms with Crippen LogP contribution in [0.5, 0.6) is 5.75 Å². The third kappa shape index (κ3) is 2.32. The summed E-state index contributed by atoms with van der Waals surface area (Å²) in [5.74, 6) is -0.138. The molecule has 0 unspecified atom stereocenters. The highest BCUT2D eigenvalue weighted by molar-refractivity contribution is 5.46. The molecule has 1 saturated carbocycles. The number of nitrogens with two attached hydrogens (primary N) is 1. The Morgan fingerprint density at radius 1 is 1.17 bits per heavy atom. The maximum Gasteiger partial charge on any atom is 0.573 e. The highest BCUT2D eigenvalue weighted by Crippen LogP contribution is 2.57. The Balaban J connectivity index is 2.41. The number of ether oxygens (including phenoxy) is 1. The number of alkyl halides is 3. The van der Waals surface area contributed by atoms with Gasteiger partial charge in [0.05, 0.1) is 0 Å². The molecule has 0 spiro atoms. The SMILES string of the molecule is CC(C)(N)C1(c2ccccc2OC(F)(F)F)CC1. The average Bonchev–Trinajstić information content (AvgIpc) is 2.95. The molecular formula is C13H16F3NO. The second kappa shape index (κ2) is 3.88. The predicted octanol–water partition coefficient (Wildman–Crippen LogP) is 3.35. The molecule has 0 bridgehead atoms. The fourth-order valence-electron chi connectivity index (χ4n) is 2.46. The van der Waals surface area contributed by atoms with Crippen LogP contribution in [0.2, 0.25) is 0 Å². The Morgan fingerprint density at radius 2 is 1.72 bits per heavy atom. The molecule has 18 heavy (non-hydrogen) atoms. The summed E-state index contributed by atoms with van der Waals surface area (Å²) < 4.78 is 41.2. The van der Waals surface area contributed by atoms with Crippen LogP contribution in [0.25, 0.3) is 0 Å². The lowest BCUT2D eigenvalue weighted by atomic mass is 9.79. The van der Waals surface area contributed by atoms with Crippen molar-refractivity contribution in [2.45, 2.75) is 44.0 Å². The molecule has 100 valence electrons. The Labute approximate surface area is 104 Å². The van der Waals surface area contributed by atoms with Gasteiger partial charge in [-0.25, -0.2) is 0 Å². The van der Waals surface area contributed by atoms with Gasteiger partial charge in [-0.2, -0.15) is 0 Å². The molecule has 1 fully saturated rings. The molecule has 2 rings (SSSR count). The lowest BCUT2D eigenvalue weighted by Crippen LogP contribution is -2.45. The molecule has 1 aromatic rings. The van der Waals surface area contributed by atoms with E-state index in [1.54, 1.807) is 12.1 Å². The maximum absolute atomic E-state index is 12.4. The van der Waals surface area contributed by atoms with Crippen molar-refractivity contribution in [1.29, 1.82) is 0 Å². The summed E-state index contributed by atoms with van der Waals surface area (Å²) in [6.07, 6.45) is -3.10. The van der Waals surface area contributed by atoms with Crippen molar-refractivity contribution in [2.24, 2.45) is 5.73 Å². The van der Waals surface area contributed by atoms with E-state index in [1.807, 2.05) is 13.8 Å². The summed E-state index contributed by atoms with van der Waals surface area (Å²) in [6, 6.07) is 6.26. The molecule has 1 aliphatic rings. The van der Waals surface area contributed by atoms with Gasteiger partial charge in [-0.1, -0.05) is 18.2 Å². The van der Waals surface area contributed by atoms with E-state index >= 15 is 0 Å². The highest BCUT2D eigenvalue weighted by Gasteiger charge is 2.55. The zero-order valence-electron chi connectivity index (χ0n) is 10.3. The van der Waals surface area contributed by atoms with Crippen molar-refractivity contribution in [3.05, 3.63) is 29.8 Å². The Morgan fingerprint density at radius 3 is 2.17 bits per heavy atom. The van der Waals surface area contributed by atoms with Crippen LogP contribution in [0.3, 0.4) is 0 Å². The van der Waals surface area contributed by atoms with E-state index in [-0.39, 0.29) is 5.75 Å². The van der Waals surface area contributed by atoms with Gasteiger partial charge in [-0.15, -0.1) is 13.2 Å². The van der Waals surface area contributed by atoms with Gasteiger partial charge >= 0.3 is 6.36 Å². The number of halogens is 3. The van der Waals surface area contributed by atoms with E-state index < -0.39 is 17.3 Å². The van der Waals surface area contributed by atoms with Gasteiger partial charge in [0, 0.05) is 16.5 Å². The van der Waals surface area contributed by atoms with Gasteiger partial charge in [0.1, 0.15) is 5.75 Å². The van der Waals surface area contributed by atoms with E-state index in [0.717, 1.165) is 12.8 Å². The van der Waals surface area contributed by atoms with E-state index in [9.17, 15) is 13.2 Å².